The molecular formula is C21H23N3O2. The Balaban J connectivity index is 1.39. The van der Waals surface area contributed by atoms with Gasteiger partial charge in [-0.15, -0.1) is 0 Å². The second-order valence-electron chi connectivity index (χ2n) is 6.74. The smallest absolute Gasteiger partial charge is 0.224 e. The number of fused-ring (bicyclic) bond motifs is 1. The third-order valence-electron chi connectivity index (χ3n) is 5.00. The first-order chi connectivity index (χ1) is 12.7. The second-order valence-corrected chi connectivity index (χ2v) is 6.74. The van der Waals surface area contributed by atoms with Gasteiger partial charge in [-0.1, -0.05) is 18.2 Å². The van der Waals surface area contributed by atoms with Crippen molar-refractivity contribution in [3.8, 4) is 5.75 Å². The Morgan fingerprint density at radius 3 is 2.92 bits per heavy atom. The van der Waals surface area contributed by atoms with Crippen molar-refractivity contribution >= 4 is 22.5 Å². The quantitative estimate of drug-likeness (QED) is 0.744. The van der Waals surface area contributed by atoms with Crippen LogP contribution in [0.2, 0.25) is 0 Å². The van der Waals surface area contributed by atoms with E-state index >= 15 is 0 Å². The summed E-state index contributed by atoms with van der Waals surface area (Å²) in [7, 11) is 1.65. The minimum atomic E-state index is 0.0635. The van der Waals surface area contributed by atoms with E-state index in [4.69, 9.17) is 4.74 Å². The van der Waals surface area contributed by atoms with Crippen LogP contribution in [0.5, 0.6) is 5.75 Å². The predicted molar refractivity (Wildman–Crippen MR) is 104 cm³/mol. The van der Waals surface area contributed by atoms with Gasteiger partial charge in [0, 0.05) is 41.9 Å². The standard InChI is InChI=1S/C21H23N3O2/c1-26-18-7-8-20-19(12-18)15(13-22-20)11-21(25)23-16-9-10-24(14-16)17-5-3-2-4-6-17/h2-8,12-13,16,22H,9-11,14H2,1H3,(H,23,25)/t16-/m0/s1. The monoisotopic (exact) mass is 349 g/mol. The zero-order valence-corrected chi connectivity index (χ0v) is 14.9. The predicted octanol–water partition coefficient (Wildman–Crippen LogP) is 3.11. The van der Waals surface area contributed by atoms with Crippen molar-refractivity contribution in [1.82, 2.24) is 10.3 Å². The van der Waals surface area contributed by atoms with Crippen molar-refractivity contribution in [3.05, 3.63) is 60.3 Å². The molecule has 1 aliphatic rings. The highest BCUT2D eigenvalue weighted by Crippen LogP contribution is 2.24. The highest BCUT2D eigenvalue weighted by molar-refractivity contribution is 5.89. The molecule has 1 aliphatic heterocycles. The van der Waals surface area contributed by atoms with Crippen molar-refractivity contribution in [1.29, 1.82) is 0 Å². The number of carbonyl (C=O) groups is 1. The molecule has 134 valence electrons. The van der Waals surface area contributed by atoms with Gasteiger partial charge in [0.05, 0.1) is 13.5 Å². The van der Waals surface area contributed by atoms with Crippen LogP contribution >= 0.6 is 0 Å². The summed E-state index contributed by atoms with van der Waals surface area (Å²) in [6.45, 7) is 1.83. The van der Waals surface area contributed by atoms with Crippen molar-refractivity contribution in [2.24, 2.45) is 0 Å². The zero-order valence-electron chi connectivity index (χ0n) is 14.9. The Morgan fingerprint density at radius 1 is 1.27 bits per heavy atom. The number of methoxy groups -OCH3 is 1. The van der Waals surface area contributed by atoms with Crippen LogP contribution in [-0.4, -0.2) is 37.1 Å². The van der Waals surface area contributed by atoms with Crippen molar-refractivity contribution in [3.63, 3.8) is 0 Å². The summed E-state index contributed by atoms with van der Waals surface area (Å²) in [5.74, 6) is 0.863. The SMILES string of the molecule is COc1ccc2[nH]cc(CC(=O)N[C@H]3CCN(c4ccccc4)C3)c2c1. The highest BCUT2D eigenvalue weighted by atomic mass is 16.5. The molecule has 0 bridgehead atoms. The molecule has 5 nitrogen and oxygen atoms in total. The lowest BCUT2D eigenvalue weighted by molar-refractivity contribution is -0.121. The second kappa shape index (κ2) is 7.12. The van der Waals surface area contributed by atoms with E-state index < -0.39 is 0 Å². The molecule has 2 aromatic carbocycles. The first-order valence-electron chi connectivity index (χ1n) is 8.96. The molecule has 1 fully saturated rings. The lowest BCUT2D eigenvalue weighted by Crippen LogP contribution is -2.37. The molecular weight excluding hydrogens is 326 g/mol. The van der Waals surface area contributed by atoms with Gasteiger partial charge in [0.1, 0.15) is 5.75 Å². The first kappa shape index (κ1) is 16.5. The number of amides is 1. The number of benzene rings is 2. The molecule has 26 heavy (non-hydrogen) atoms. The van der Waals surface area contributed by atoms with Crippen LogP contribution in [0.1, 0.15) is 12.0 Å². The molecule has 5 heteroatoms. The summed E-state index contributed by atoms with van der Waals surface area (Å²) in [5.41, 5.74) is 3.23. The third-order valence-corrected chi connectivity index (χ3v) is 5.00. The number of nitrogens with one attached hydrogen (secondary N) is 2. The van der Waals surface area contributed by atoms with E-state index in [-0.39, 0.29) is 11.9 Å². The molecule has 1 saturated heterocycles. The lowest BCUT2D eigenvalue weighted by atomic mass is 10.1. The molecule has 1 aromatic heterocycles. The van der Waals surface area contributed by atoms with E-state index in [0.717, 1.165) is 41.7 Å². The number of para-hydroxylation sites is 1. The van der Waals surface area contributed by atoms with Gasteiger partial charge in [-0.25, -0.2) is 0 Å². The van der Waals surface area contributed by atoms with E-state index in [1.165, 1.54) is 5.69 Å². The number of rotatable bonds is 5. The summed E-state index contributed by atoms with van der Waals surface area (Å²) < 4.78 is 5.29. The number of H-pyrrole nitrogens is 1. The summed E-state index contributed by atoms with van der Waals surface area (Å²) in [6.07, 6.45) is 3.26. The summed E-state index contributed by atoms with van der Waals surface area (Å²) >= 11 is 0. The Bertz CT molecular complexity index is 904. The van der Waals surface area contributed by atoms with E-state index in [2.05, 4.69) is 27.3 Å². The van der Waals surface area contributed by atoms with Crippen LogP contribution in [0.4, 0.5) is 5.69 Å². The third kappa shape index (κ3) is 3.38. The Hall–Kier alpha value is -2.95. The van der Waals surface area contributed by atoms with Crippen LogP contribution in [0.15, 0.2) is 54.7 Å². The minimum Gasteiger partial charge on any atom is -0.497 e. The molecule has 0 spiro atoms. The number of anilines is 1. The van der Waals surface area contributed by atoms with Gasteiger partial charge < -0.3 is 19.9 Å². The number of aromatic amines is 1. The number of ether oxygens (including phenoxy) is 1. The number of carbonyl (C=O) groups excluding carboxylic acids is 1. The maximum Gasteiger partial charge on any atom is 0.224 e. The van der Waals surface area contributed by atoms with Gasteiger partial charge in [-0.3, -0.25) is 4.79 Å². The molecule has 0 radical (unpaired) electrons. The van der Waals surface area contributed by atoms with Crippen molar-refractivity contribution in [2.45, 2.75) is 18.9 Å². The molecule has 0 aliphatic carbocycles. The van der Waals surface area contributed by atoms with E-state index in [1.54, 1.807) is 7.11 Å². The average Bonchev–Trinajstić information content (AvgIpc) is 3.29. The first-order valence-corrected chi connectivity index (χ1v) is 8.96. The van der Waals surface area contributed by atoms with Gasteiger partial charge >= 0.3 is 0 Å². The van der Waals surface area contributed by atoms with Gasteiger partial charge in [0.25, 0.3) is 0 Å². The number of nitrogens with zero attached hydrogens (tertiary/aromatic N) is 1. The lowest BCUT2D eigenvalue weighted by Gasteiger charge is -2.19. The summed E-state index contributed by atoms with van der Waals surface area (Å²) in [6, 6.07) is 16.4. The van der Waals surface area contributed by atoms with Gasteiger partial charge in [0.15, 0.2) is 0 Å². The molecule has 1 amide bonds. The molecule has 0 unspecified atom stereocenters. The molecule has 2 heterocycles. The molecule has 3 aromatic rings. The van der Waals surface area contributed by atoms with Crippen LogP contribution in [0, 0.1) is 0 Å². The highest BCUT2D eigenvalue weighted by Gasteiger charge is 2.24. The largest absolute Gasteiger partial charge is 0.497 e. The van der Waals surface area contributed by atoms with Gasteiger partial charge in [0.2, 0.25) is 5.91 Å². The van der Waals surface area contributed by atoms with Crippen LogP contribution in [0.25, 0.3) is 10.9 Å². The summed E-state index contributed by atoms with van der Waals surface area (Å²) in [4.78, 5) is 18.1. The fourth-order valence-corrected chi connectivity index (χ4v) is 3.63. The van der Waals surface area contributed by atoms with Crippen LogP contribution < -0.4 is 15.0 Å². The normalized spacial score (nSPS) is 16.8. The zero-order chi connectivity index (χ0) is 17.9. The van der Waals surface area contributed by atoms with Gasteiger partial charge in [-0.2, -0.15) is 0 Å². The molecule has 1 atom stereocenters. The molecule has 4 rings (SSSR count). The van der Waals surface area contributed by atoms with Crippen LogP contribution in [0.3, 0.4) is 0 Å². The van der Waals surface area contributed by atoms with Crippen molar-refractivity contribution in [2.75, 3.05) is 25.1 Å². The van der Waals surface area contributed by atoms with Crippen molar-refractivity contribution < 1.29 is 9.53 Å². The van der Waals surface area contributed by atoms with E-state index in [1.807, 2.05) is 42.6 Å². The number of hydrogen-bond acceptors (Lipinski definition) is 3. The number of hydrogen-bond donors (Lipinski definition) is 2. The Kier molecular flexibility index (Phi) is 4.52. The fraction of sp³-hybridized carbons (Fsp3) is 0.286. The van der Waals surface area contributed by atoms with E-state index in [9.17, 15) is 4.79 Å². The van der Waals surface area contributed by atoms with E-state index in [0.29, 0.717) is 6.42 Å². The summed E-state index contributed by atoms with van der Waals surface area (Å²) in [5, 5.41) is 4.22. The average molecular weight is 349 g/mol. The van der Waals surface area contributed by atoms with Gasteiger partial charge in [-0.05, 0) is 42.3 Å². The fourth-order valence-electron chi connectivity index (χ4n) is 3.63. The topological polar surface area (TPSA) is 57.4 Å². The maximum atomic E-state index is 12.5. The maximum absolute atomic E-state index is 12.5. The Morgan fingerprint density at radius 2 is 2.12 bits per heavy atom. The minimum absolute atomic E-state index is 0.0635. The Labute approximate surface area is 153 Å². The number of aromatic nitrogens is 1. The molecule has 2 N–H and O–H groups in total. The molecule has 0 saturated carbocycles. The van der Waals surface area contributed by atoms with Crippen LogP contribution in [-0.2, 0) is 11.2 Å².